The van der Waals surface area contributed by atoms with Gasteiger partial charge in [-0.1, -0.05) is 23.8 Å². The summed E-state index contributed by atoms with van der Waals surface area (Å²) in [6.07, 6.45) is 1.56. The lowest BCUT2D eigenvalue weighted by Gasteiger charge is -2.44. The van der Waals surface area contributed by atoms with Gasteiger partial charge in [0, 0.05) is 42.7 Å². The van der Waals surface area contributed by atoms with Crippen molar-refractivity contribution in [2.24, 2.45) is 0 Å². The van der Waals surface area contributed by atoms with Crippen LogP contribution in [0.5, 0.6) is 5.75 Å². The molecule has 1 spiro atoms. The van der Waals surface area contributed by atoms with Crippen LogP contribution in [0.15, 0.2) is 48.5 Å². The first-order valence-electron chi connectivity index (χ1n) is 10.2. The molecule has 0 unspecified atom stereocenters. The van der Waals surface area contributed by atoms with Gasteiger partial charge < -0.3 is 19.9 Å². The van der Waals surface area contributed by atoms with Crippen molar-refractivity contribution in [1.29, 1.82) is 0 Å². The van der Waals surface area contributed by atoms with Crippen LogP contribution in [-0.4, -0.2) is 59.1 Å². The second-order valence-electron chi connectivity index (χ2n) is 7.77. The number of rotatable bonds is 3. The van der Waals surface area contributed by atoms with E-state index in [1.54, 1.807) is 13.2 Å². The average molecular weight is 426 g/mol. The molecule has 3 amide bonds. The predicted octanol–water partition coefficient (Wildman–Crippen LogP) is 4.22. The SMILES string of the molecule is COc1cccc(NC(=O)N2CCC3(CC2)SCCN3C(=O)c2ccc(C)cc2)c1. The van der Waals surface area contributed by atoms with E-state index < -0.39 is 0 Å². The maximum absolute atomic E-state index is 13.2. The van der Waals surface area contributed by atoms with Crippen molar-refractivity contribution in [3.05, 3.63) is 59.7 Å². The lowest BCUT2D eigenvalue weighted by molar-refractivity contribution is 0.0585. The molecule has 0 aliphatic carbocycles. The highest BCUT2D eigenvalue weighted by Crippen LogP contribution is 2.44. The first-order valence-corrected chi connectivity index (χ1v) is 11.2. The number of thioether (sulfide) groups is 1. The molecule has 7 heteroatoms. The van der Waals surface area contributed by atoms with Crippen LogP contribution in [0, 0.1) is 6.92 Å². The number of carbonyl (C=O) groups excluding carboxylic acids is 2. The summed E-state index contributed by atoms with van der Waals surface area (Å²) in [7, 11) is 1.61. The van der Waals surface area contributed by atoms with E-state index in [2.05, 4.69) is 5.32 Å². The van der Waals surface area contributed by atoms with Crippen molar-refractivity contribution in [1.82, 2.24) is 9.80 Å². The third-order valence-electron chi connectivity index (χ3n) is 5.87. The zero-order valence-electron chi connectivity index (χ0n) is 17.4. The number of aryl methyl sites for hydroxylation is 1. The Morgan fingerprint density at radius 3 is 2.50 bits per heavy atom. The topological polar surface area (TPSA) is 61.9 Å². The zero-order valence-corrected chi connectivity index (χ0v) is 18.2. The first kappa shape index (κ1) is 20.6. The molecular weight excluding hydrogens is 398 g/mol. The molecule has 2 saturated heterocycles. The van der Waals surface area contributed by atoms with Crippen LogP contribution in [0.25, 0.3) is 0 Å². The van der Waals surface area contributed by atoms with Gasteiger partial charge in [-0.2, -0.15) is 0 Å². The molecule has 6 nitrogen and oxygen atoms in total. The summed E-state index contributed by atoms with van der Waals surface area (Å²) in [5.74, 6) is 1.74. The molecule has 4 rings (SSSR count). The van der Waals surface area contributed by atoms with Gasteiger partial charge in [-0.05, 0) is 44.0 Å². The van der Waals surface area contributed by atoms with Gasteiger partial charge in [0.1, 0.15) is 5.75 Å². The second-order valence-corrected chi connectivity index (χ2v) is 9.22. The van der Waals surface area contributed by atoms with E-state index in [0.717, 1.165) is 36.3 Å². The minimum Gasteiger partial charge on any atom is -0.497 e. The molecule has 0 saturated carbocycles. The lowest BCUT2D eigenvalue weighted by Crippen LogP contribution is -2.54. The highest BCUT2D eigenvalue weighted by molar-refractivity contribution is 8.00. The minimum atomic E-state index is -0.214. The predicted molar refractivity (Wildman–Crippen MR) is 120 cm³/mol. The summed E-state index contributed by atoms with van der Waals surface area (Å²) in [5.41, 5.74) is 2.60. The first-order chi connectivity index (χ1) is 14.5. The molecule has 2 aromatic carbocycles. The normalized spacial score (nSPS) is 17.8. The van der Waals surface area contributed by atoms with Crippen LogP contribution in [0.4, 0.5) is 10.5 Å². The Kier molecular flexibility index (Phi) is 5.90. The van der Waals surface area contributed by atoms with Crippen LogP contribution in [0.2, 0.25) is 0 Å². The number of urea groups is 1. The monoisotopic (exact) mass is 425 g/mol. The number of likely N-dealkylation sites (tertiary alicyclic amines) is 1. The summed E-state index contributed by atoms with van der Waals surface area (Å²) >= 11 is 1.85. The summed E-state index contributed by atoms with van der Waals surface area (Å²) in [6, 6.07) is 15.0. The van der Waals surface area contributed by atoms with Gasteiger partial charge in [-0.25, -0.2) is 4.79 Å². The molecular formula is C23H27N3O3S. The maximum Gasteiger partial charge on any atom is 0.321 e. The Balaban J connectivity index is 1.40. The molecule has 2 fully saturated rings. The lowest BCUT2D eigenvalue weighted by atomic mass is 10.0. The molecule has 158 valence electrons. The number of anilines is 1. The Labute approximate surface area is 181 Å². The van der Waals surface area contributed by atoms with E-state index in [1.807, 2.05) is 71.0 Å². The number of piperidine rings is 1. The third kappa shape index (κ3) is 4.12. The largest absolute Gasteiger partial charge is 0.497 e. The molecule has 2 heterocycles. The average Bonchev–Trinajstić information content (AvgIpc) is 3.17. The van der Waals surface area contributed by atoms with Gasteiger partial charge in [0.05, 0.1) is 12.0 Å². The summed E-state index contributed by atoms with van der Waals surface area (Å²) in [6.45, 7) is 4.03. The van der Waals surface area contributed by atoms with E-state index >= 15 is 0 Å². The quantitative estimate of drug-likeness (QED) is 0.800. The van der Waals surface area contributed by atoms with Crippen LogP contribution in [-0.2, 0) is 0 Å². The summed E-state index contributed by atoms with van der Waals surface area (Å²) in [5, 5.41) is 2.95. The number of benzene rings is 2. The van der Waals surface area contributed by atoms with E-state index in [9.17, 15) is 9.59 Å². The summed E-state index contributed by atoms with van der Waals surface area (Å²) in [4.78, 5) is 29.5. The fourth-order valence-electron chi connectivity index (χ4n) is 4.12. The van der Waals surface area contributed by atoms with Crippen molar-refractivity contribution >= 4 is 29.4 Å². The van der Waals surface area contributed by atoms with Crippen LogP contribution >= 0.6 is 11.8 Å². The summed E-state index contributed by atoms with van der Waals surface area (Å²) < 4.78 is 5.22. The van der Waals surface area contributed by atoms with Crippen molar-refractivity contribution < 1.29 is 14.3 Å². The minimum absolute atomic E-state index is 0.0919. The molecule has 0 radical (unpaired) electrons. The number of carbonyl (C=O) groups is 2. The Morgan fingerprint density at radius 1 is 1.07 bits per heavy atom. The Morgan fingerprint density at radius 2 is 1.80 bits per heavy atom. The van der Waals surface area contributed by atoms with Crippen molar-refractivity contribution in [2.75, 3.05) is 37.8 Å². The molecule has 0 bridgehead atoms. The Hall–Kier alpha value is -2.67. The molecule has 2 aliphatic rings. The van der Waals surface area contributed by atoms with Gasteiger partial charge in [0.2, 0.25) is 0 Å². The second kappa shape index (κ2) is 8.60. The fourth-order valence-corrected chi connectivity index (χ4v) is 5.58. The smallest absolute Gasteiger partial charge is 0.321 e. The van der Waals surface area contributed by atoms with Crippen molar-refractivity contribution in [3.63, 3.8) is 0 Å². The number of amides is 3. The molecule has 30 heavy (non-hydrogen) atoms. The van der Waals surface area contributed by atoms with E-state index in [-0.39, 0.29) is 16.8 Å². The number of methoxy groups -OCH3 is 1. The fraction of sp³-hybridized carbons (Fsp3) is 0.391. The highest BCUT2D eigenvalue weighted by atomic mass is 32.2. The third-order valence-corrected chi connectivity index (χ3v) is 7.43. The van der Waals surface area contributed by atoms with Crippen LogP contribution in [0.3, 0.4) is 0 Å². The van der Waals surface area contributed by atoms with Crippen molar-refractivity contribution in [3.8, 4) is 5.75 Å². The highest BCUT2D eigenvalue weighted by Gasteiger charge is 2.47. The molecule has 0 aromatic heterocycles. The van der Waals surface area contributed by atoms with Gasteiger partial charge in [0.25, 0.3) is 5.91 Å². The molecule has 2 aromatic rings. The molecule has 0 atom stereocenters. The number of nitrogens with zero attached hydrogens (tertiary/aromatic N) is 2. The van der Waals surface area contributed by atoms with Gasteiger partial charge in [-0.15, -0.1) is 11.8 Å². The van der Waals surface area contributed by atoms with Crippen LogP contribution < -0.4 is 10.1 Å². The van der Waals surface area contributed by atoms with Gasteiger partial charge in [0.15, 0.2) is 0 Å². The van der Waals surface area contributed by atoms with E-state index in [0.29, 0.717) is 24.5 Å². The number of hydrogen-bond acceptors (Lipinski definition) is 4. The maximum atomic E-state index is 13.2. The molecule has 2 aliphatic heterocycles. The van der Waals surface area contributed by atoms with E-state index in [1.165, 1.54) is 0 Å². The number of hydrogen-bond donors (Lipinski definition) is 1. The Bertz CT molecular complexity index is 924. The zero-order chi connectivity index (χ0) is 21.1. The molecule has 1 N–H and O–H groups in total. The number of ether oxygens (including phenoxy) is 1. The number of nitrogens with one attached hydrogen (secondary N) is 1. The van der Waals surface area contributed by atoms with Crippen LogP contribution in [0.1, 0.15) is 28.8 Å². The van der Waals surface area contributed by atoms with E-state index in [4.69, 9.17) is 4.74 Å². The standard InChI is InChI=1S/C23H27N3O3S/c1-17-6-8-18(9-7-17)21(27)26-14-15-30-23(26)10-12-25(13-11-23)22(28)24-19-4-3-5-20(16-19)29-2/h3-9,16H,10-15H2,1-2H3,(H,24,28). The van der Waals surface area contributed by atoms with Gasteiger partial charge in [-0.3, -0.25) is 4.79 Å². The van der Waals surface area contributed by atoms with Gasteiger partial charge >= 0.3 is 6.03 Å². The van der Waals surface area contributed by atoms with Crippen molar-refractivity contribution in [2.45, 2.75) is 24.6 Å².